The molecule has 2 nitrogen and oxygen atoms in total. The van der Waals surface area contributed by atoms with Gasteiger partial charge in [-0.3, -0.25) is 0 Å². The van der Waals surface area contributed by atoms with Gasteiger partial charge in [0.1, 0.15) is 11.9 Å². The van der Waals surface area contributed by atoms with Crippen molar-refractivity contribution in [2.45, 2.75) is 32.4 Å². The highest BCUT2D eigenvalue weighted by molar-refractivity contribution is 7.11. The molecule has 0 saturated heterocycles. The van der Waals surface area contributed by atoms with Gasteiger partial charge in [-0.05, 0) is 42.3 Å². The molecule has 20 heavy (non-hydrogen) atoms. The zero-order chi connectivity index (χ0) is 13.9. The average molecular weight is 308 g/mol. The fourth-order valence-electron chi connectivity index (χ4n) is 2.47. The third-order valence-electron chi connectivity index (χ3n) is 3.50. The number of fused-ring (bicyclic) bond motifs is 1. The van der Waals surface area contributed by atoms with Crippen molar-refractivity contribution >= 4 is 22.9 Å². The molecule has 1 unspecified atom stereocenters. The molecule has 1 aromatic heterocycles. The number of hydrogen-bond donors (Lipinski definition) is 1. The largest absolute Gasteiger partial charge is 0.488 e. The number of rotatable bonds is 5. The lowest BCUT2D eigenvalue weighted by Gasteiger charge is -2.11. The fraction of sp³-hybridized carbons (Fsp3) is 0.375. The molecule has 0 fully saturated rings. The lowest BCUT2D eigenvalue weighted by Crippen LogP contribution is -2.29. The van der Waals surface area contributed by atoms with E-state index in [-0.39, 0.29) is 6.10 Å². The van der Waals surface area contributed by atoms with Crippen LogP contribution in [0.15, 0.2) is 30.3 Å². The van der Waals surface area contributed by atoms with Crippen LogP contribution in [0.4, 0.5) is 0 Å². The Labute approximate surface area is 128 Å². The van der Waals surface area contributed by atoms with Crippen LogP contribution in [0, 0.1) is 0 Å². The maximum absolute atomic E-state index is 6.00. The van der Waals surface area contributed by atoms with Crippen molar-refractivity contribution in [1.29, 1.82) is 0 Å². The first-order valence-corrected chi connectivity index (χ1v) is 8.17. The minimum absolute atomic E-state index is 0.217. The van der Waals surface area contributed by atoms with Gasteiger partial charge in [0.15, 0.2) is 0 Å². The Morgan fingerprint density at radius 1 is 1.30 bits per heavy atom. The lowest BCUT2D eigenvalue weighted by atomic mass is 10.1. The van der Waals surface area contributed by atoms with Crippen molar-refractivity contribution in [3.63, 3.8) is 0 Å². The molecule has 1 atom stereocenters. The molecule has 2 aromatic rings. The van der Waals surface area contributed by atoms with Gasteiger partial charge in [-0.15, -0.1) is 11.3 Å². The van der Waals surface area contributed by atoms with Crippen molar-refractivity contribution in [2.24, 2.45) is 0 Å². The number of nitrogens with one attached hydrogen (secondary N) is 1. The molecule has 1 aliphatic rings. The molecule has 0 saturated carbocycles. The van der Waals surface area contributed by atoms with Crippen molar-refractivity contribution in [1.82, 2.24) is 5.32 Å². The van der Waals surface area contributed by atoms with Crippen molar-refractivity contribution in [2.75, 3.05) is 6.54 Å². The smallest absolute Gasteiger partial charge is 0.123 e. The summed E-state index contributed by atoms with van der Waals surface area (Å²) >= 11 is 7.89. The van der Waals surface area contributed by atoms with Gasteiger partial charge in [0.25, 0.3) is 0 Å². The Morgan fingerprint density at radius 3 is 2.95 bits per heavy atom. The molecule has 2 heterocycles. The summed E-state index contributed by atoms with van der Waals surface area (Å²) in [7, 11) is 0. The van der Waals surface area contributed by atoms with Crippen LogP contribution in [-0.4, -0.2) is 12.6 Å². The number of benzene rings is 1. The van der Waals surface area contributed by atoms with Gasteiger partial charge in [-0.25, -0.2) is 0 Å². The molecule has 0 spiro atoms. The molecule has 0 radical (unpaired) electrons. The van der Waals surface area contributed by atoms with Crippen LogP contribution in [-0.2, 0) is 19.4 Å². The van der Waals surface area contributed by atoms with Crippen LogP contribution in [0.5, 0.6) is 5.75 Å². The number of aryl methyl sites for hydroxylation is 1. The molecule has 0 aliphatic carbocycles. The van der Waals surface area contributed by atoms with Gasteiger partial charge in [0.2, 0.25) is 0 Å². The van der Waals surface area contributed by atoms with Gasteiger partial charge in [0.05, 0.1) is 0 Å². The summed E-state index contributed by atoms with van der Waals surface area (Å²) in [5.41, 5.74) is 1.22. The van der Waals surface area contributed by atoms with E-state index in [4.69, 9.17) is 16.3 Å². The first-order valence-electron chi connectivity index (χ1n) is 6.98. The summed E-state index contributed by atoms with van der Waals surface area (Å²) in [6.45, 7) is 3.98. The second-order valence-corrected chi connectivity index (χ2v) is 6.74. The summed E-state index contributed by atoms with van der Waals surface area (Å²) < 4.78 is 5.91. The van der Waals surface area contributed by atoms with E-state index in [0.29, 0.717) is 0 Å². The average Bonchev–Trinajstić information content (AvgIpc) is 3.04. The third kappa shape index (κ3) is 3.17. The summed E-state index contributed by atoms with van der Waals surface area (Å²) in [5.74, 6) is 0.977. The summed E-state index contributed by atoms with van der Waals surface area (Å²) in [6, 6.07) is 10.3. The molecule has 1 N–H and O–H groups in total. The molecule has 3 rings (SSSR count). The van der Waals surface area contributed by atoms with Crippen LogP contribution in [0.2, 0.25) is 5.02 Å². The molecule has 0 amide bonds. The SMILES string of the molecule is CCc1ccc(CNCC2Cc3cc(Cl)ccc3O2)s1. The van der Waals surface area contributed by atoms with E-state index in [2.05, 4.69) is 24.4 Å². The molecule has 4 heteroatoms. The number of halogens is 1. The fourth-order valence-corrected chi connectivity index (χ4v) is 3.59. The van der Waals surface area contributed by atoms with Gasteiger partial charge >= 0.3 is 0 Å². The van der Waals surface area contributed by atoms with Gasteiger partial charge in [-0.1, -0.05) is 18.5 Å². The highest BCUT2D eigenvalue weighted by atomic mass is 35.5. The molecular weight excluding hydrogens is 290 g/mol. The van der Waals surface area contributed by atoms with E-state index in [9.17, 15) is 0 Å². The zero-order valence-electron chi connectivity index (χ0n) is 11.5. The molecular formula is C16H18ClNOS. The second kappa shape index (κ2) is 6.17. The first-order chi connectivity index (χ1) is 9.74. The van der Waals surface area contributed by atoms with Crippen LogP contribution in [0.1, 0.15) is 22.2 Å². The van der Waals surface area contributed by atoms with Crippen LogP contribution < -0.4 is 10.1 Å². The molecule has 1 aromatic carbocycles. The van der Waals surface area contributed by atoms with Gasteiger partial charge in [0, 0.05) is 34.3 Å². The van der Waals surface area contributed by atoms with Crippen molar-refractivity contribution in [3.8, 4) is 5.75 Å². The Kier molecular flexibility index (Phi) is 4.29. The van der Waals surface area contributed by atoms with E-state index in [1.54, 1.807) is 0 Å². The van der Waals surface area contributed by atoms with E-state index in [0.717, 1.165) is 36.7 Å². The molecule has 1 aliphatic heterocycles. The highest BCUT2D eigenvalue weighted by Crippen LogP contribution is 2.30. The zero-order valence-corrected chi connectivity index (χ0v) is 13.1. The van der Waals surface area contributed by atoms with Crippen LogP contribution in [0.25, 0.3) is 0 Å². The van der Waals surface area contributed by atoms with Gasteiger partial charge < -0.3 is 10.1 Å². The Balaban J connectivity index is 1.49. The van der Waals surface area contributed by atoms with E-state index < -0.39 is 0 Å². The van der Waals surface area contributed by atoms with E-state index in [1.807, 2.05) is 29.5 Å². The number of ether oxygens (including phenoxy) is 1. The van der Waals surface area contributed by atoms with E-state index in [1.165, 1.54) is 15.3 Å². The monoisotopic (exact) mass is 307 g/mol. The van der Waals surface area contributed by atoms with E-state index >= 15 is 0 Å². The maximum Gasteiger partial charge on any atom is 0.123 e. The predicted molar refractivity (Wildman–Crippen MR) is 85.0 cm³/mol. The quantitative estimate of drug-likeness (QED) is 0.899. The Bertz CT molecular complexity index is 596. The Hall–Kier alpha value is -1.03. The minimum atomic E-state index is 0.217. The minimum Gasteiger partial charge on any atom is -0.488 e. The van der Waals surface area contributed by atoms with Crippen molar-refractivity contribution < 1.29 is 4.74 Å². The molecule has 0 bridgehead atoms. The lowest BCUT2D eigenvalue weighted by molar-refractivity contribution is 0.227. The second-order valence-electron chi connectivity index (χ2n) is 5.05. The van der Waals surface area contributed by atoms with Crippen LogP contribution >= 0.6 is 22.9 Å². The summed E-state index contributed by atoms with van der Waals surface area (Å²) in [6.07, 6.45) is 2.27. The summed E-state index contributed by atoms with van der Waals surface area (Å²) in [5, 5.41) is 4.27. The molecule has 106 valence electrons. The third-order valence-corrected chi connectivity index (χ3v) is 4.97. The maximum atomic E-state index is 6.00. The topological polar surface area (TPSA) is 21.3 Å². The Morgan fingerprint density at radius 2 is 2.15 bits per heavy atom. The first kappa shape index (κ1) is 13.9. The van der Waals surface area contributed by atoms with Crippen molar-refractivity contribution in [3.05, 3.63) is 50.7 Å². The predicted octanol–water partition coefficient (Wildman–Crippen LogP) is 4.06. The van der Waals surface area contributed by atoms with Gasteiger partial charge in [-0.2, -0.15) is 0 Å². The van der Waals surface area contributed by atoms with Crippen LogP contribution in [0.3, 0.4) is 0 Å². The number of hydrogen-bond acceptors (Lipinski definition) is 3. The summed E-state index contributed by atoms with van der Waals surface area (Å²) in [4.78, 5) is 2.83. The highest BCUT2D eigenvalue weighted by Gasteiger charge is 2.22. The number of thiophene rings is 1. The normalized spacial score (nSPS) is 17.0. The standard InChI is InChI=1S/C16H18ClNOS/c1-2-14-4-5-15(20-14)10-18-9-13-8-11-7-12(17)3-6-16(11)19-13/h3-7,13,18H,2,8-10H2,1H3.